The second-order valence-corrected chi connectivity index (χ2v) is 7.88. The number of nitrogen functional groups attached to an aromatic ring is 2. The van der Waals surface area contributed by atoms with Gasteiger partial charge in [0.05, 0.1) is 33.3 Å². The second-order valence-electron chi connectivity index (χ2n) is 6.17. The van der Waals surface area contributed by atoms with Crippen molar-refractivity contribution in [3.05, 3.63) is 56.5 Å². The molecule has 0 amide bonds. The molecule has 0 radical (unpaired) electrons. The number of unbranched alkanes of at least 4 members (excludes halogenated alkanes) is 3. The number of halogens is 2. The highest BCUT2D eigenvalue weighted by Crippen LogP contribution is 2.30. The molecule has 2 aromatic carbocycles. The normalized spacial score (nSPS) is 10.5. The Morgan fingerprint density at radius 3 is 1.46 bits per heavy atom. The van der Waals surface area contributed by atoms with Crippen molar-refractivity contribution in [3.8, 4) is 11.5 Å². The van der Waals surface area contributed by atoms with Crippen LogP contribution in [-0.2, 0) is 0 Å². The summed E-state index contributed by atoms with van der Waals surface area (Å²) in [7, 11) is 0. The summed E-state index contributed by atoms with van der Waals surface area (Å²) in [6, 6.07) is 11.0. The summed E-state index contributed by atoms with van der Waals surface area (Å²) in [6.45, 7) is 1.12. The Morgan fingerprint density at radius 1 is 0.714 bits per heavy atom. The standard InChI is InChI=1S/C20H24Br2N4O2/c21-15-9-5-7-13(19(23)24)17(15)27-11-3-1-2-4-12-28-18-14(20(25)26)8-6-10-16(18)22/h5-10H,1-4,11-12H2,(H3,23,24)(H3,25,26). The zero-order valence-electron chi connectivity index (χ0n) is 15.4. The van der Waals surface area contributed by atoms with Crippen LogP contribution in [0.15, 0.2) is 45.3 Å². The van der Waals surface area contributed by atoms with E-state index in [1.807, 2.05) is 24.3 Å². The smallest absolute Gasteiger partial charge is 0.144 e. The third-order valence-electron chi connectivity index (χ3n) is 4.05. The molecule has 0 fully saturated rings. The number of para-hydroxylation sites is 2. The van der Waals surface area contributed by atoms with Crippen molar-refractivity contribution in [2.45, 2.75) is 25.7 Å². The molecule has 6 N–H and O–H groups in total. The predicted octanol–water partition coefficient (Wildman–Crippen LogP) is 4.80. The van der Waals surface area contributed by atoms with Gasteiger partial charge in [-0.2, -0.15) is 0 Å². The number of hydrogen-bond donors (Lipinski definition) is 4. The van der Waals surface area contributed by atoms with Gasteiger partial charge in [-0.1, -0.05) is 12.1 Å². The predicted molar refractivity (Wildman–Crippen MR) is 120 cm³/mol. The molecule has 0 aliphatic carbocycles. The van der Waals surface area contributed by atoms with Crippen LogP contribution in [0.25, 0.3) is 0 Å². The molecule has 0 bridgehead atoms. The first-order valence-corrected chi connectivity index (χ1v) is 10.5. The van der Waals surface area contributed by atoms with Crippen LogP contribution in [0.3, 0.4) is 0 Å². The Hall–Kier alpha value is -2.06. The maximum Gasteiger partial charge on any atom is 0.144 e. The summed E-state index contributed by atoms with van der Waals surface area (Å²) in [5.74, 6) is 1.21. The number of nitrogens with one attached hydrogen (secondary N) is 2. The molecule has 0 atom stereocenters. The summed E-state index contributed by atoms with van der Waals surface area (Å²) in [5.41, 5.74) is 12.4. The number of hydrogen-bond acceptors (Lipinski definition) is 4. The summed E-state index contributed by atoms with van der Waals surface area (Å²) in [6.07, 6.45) is 3.79. The second kappa shape index (κ2) is 11.1. The van der Waals surface area contributed by atoms with E-state index in [1.165, 1.54) is 0 Å². The maximum atomic E-state index is 7.63. The number of nitrogens with two attached hydrogens (primary N) is 2. The van der Waals surface area contributed by atoms with Crippen LogP contribution in [0.4, 0.5) is 0 Å². The molecule has 0 spiro atoms. The Labute approximate surface area is 181 Å². The minimum atomic E-state index is -0.00884. The van der Waals surface area contributed by atoms with E-state index in [0.29, 0.717) is 35.8 Å². The molecule has 0 unspecified atom stereocenters. The molecule has 6 nitrogen and oxygen atoms in total. The molecule has 0 saturated carbocycles. The largest absolute Gasteiger partial charge is 0.492 e. The fraction of sp³-hybridized carbons (Fsp3) is 0.300. The van der Waals surface area contributed by atoms with E-state index in [0.717, 1.165) is 34.6 Å². The minimum absolute atomic E-state index is 0.00884. The summed E-state index contributed by atoms with van der Waals surface area (Å²) < 4.78 is 13.2. The van der Waals surface area contributed by atoms with Crippen LogP contribution in [0.1, 0.15) is 36.8 Å². The van der Waals surface area contributed by atoms with E-state index in [1.54, 1.807) is 12.1 Å². The van der Waals surface area contributed by atoms with E-state index in [2.05, 4.69) is 31.9 Å². The van der Waals surface area contributed by atoms with Crippen LogP contribution < -0.4 is 20.9 Å². The molecular formula is C20H24Br2N4O2. The molecule has 0 aliphatic heterocycles. The average Bonchev–Trinajstić information content (AvgIpc) is 2.65. The van der Waals surface area contributed by atoms with Gasteiger partial charge in [0.15, 0.2) is 0 Å². The van der Waals surface area contributed by atoms with Gasteiger partial charge in [-0.25, -0.2) is 0 Å². The summed E-state index contributed by atoms with van der Waals surface area (Å²) >= 11 is 6.88. The molecule has 2 aromatic rings. The van der Waals surface area contributed by atoms with Crippen molar-refractivity contribution < 1.29 is 9.47 Å². The van der Waals surface area contributed by atoms with E-state index in [4.69, 9.17) is 31.8 Å². The average molecular weight is 512 g/mol. The maximum absolute atomic E-state index is 7.63. The van der Waals surface area contributed by atoms with Crippen molar-refractivity contribution in [1.29, 1.82) is 10.8 Å². The van der Waals surface area contributed by atoms with Gasteiger partial charge in [0.1, 0.15) is 23.2 Å². The van der Waals surface area contributed by atoms with Gasteiger partial charge in [-0.05, 0) is 81.8 Å². The monoisotopic (exact) mass is 510 g/mol. The fourth-order valence-corrected chi connectivity index (χ4v) is 3.60. The van der Waals surface area contributed by atoms with Crippen LogP contribution in [0.2, 0.25) is 0 Å². The lowest BCUT2D eigenvalue weighted by atomic mass is 10.1. The highest BCUT2D eigenvalue weighted by atomic mass is 79.9. The summed E-state index contributed by atoms with van der Waals surface area (Å²) in [5, 5.41) is 15.3. The van der Waals surface area contributed by atoms with E-state index in [9.17, 15) is 0 Å². The van der Waals surface area contributed by atoms with E-state index >= 15 is 0 Å². The fourth-order valence-electron chi connectivity index (χ4n) is 2.64. The van der Waals surface area contributed by atoms with Crippen LogP contribution in [-0.4, -0.2) is 24.9 Å². The SMILES string of the molecule is N=C(N)c1cccc(Br)c1OCCCCCCOc1c(Br)cccc1C(=N)N. The van der Waals surface area contributed by atoms with Gasteiger partial charge in [0, 0.05) is 0 Å². The van der Waals surface area contributed by atoms with Gasteiger partial charge in [0.25, 0.3) is 0 Å². The number of benzene rings is 2. The van der Waals surface area contributed by atoms with Gasteiger partial charge in [0.2, 0.25) is 0 Å². The Morgan fingerprint density at radius 2 is 1.11 bits per heavy atom. The summed E-state index contributed by atoms with van der Waals surface area (Å²) in [4.78, 5) is 0. The molecule has 0 aliphatic rings. The third-order valence-corrected chi connectivity index (χ3v) is 5.29. The van der Waals surface area contributed by atoms with Crippen molar-refractivity contribution in [2.24, 2.45) is 11.5 Å². The molecule has 0 aromatic heterocycles. The Balaban J connectivity index is 1.70. The first-order chi connectivity index (χ1) is 13.4. The van der Waals surface area contributed by atoms with Gasteiger partial charge in [-0.3, -0.25) is 10.8 Å². The van der Waals surface area contributed by atoms with Crippen molar-refractivity contribution in [1.82, 2.24) is 0 Å². The highest BCUT2D eigenvalue weighted by Gasteiger charge is 2.11. The molecule has 2 rings (SSSR count). The van der Waals surface area contributed by atoms with Crippen LogP contribution in [0.5, 0.6) is 11.5 Å². The van der Waals surface area contributed by atoms with Gasteiger partial charge < -0.3 is 20.9 Å². The quantitative estimate of drug-likeness (QED) is 0.197. The van der Waals surface area contributed by atoms with Gasteiger partial charge >= 0.3 is 0 Å². The topological polar surface area (TPSA) is 118 Å². The molecule has 8 heteroatoms. The van der Waals surface area contributed by atoms with Gasteiger partial charge in [-0.15, -0.1) is 0 Å². The minimum Gasteiger partial charge on any atom is -0.492 e. The Kier molecular flexibility index (Phi) is 8.79. The van der Waals surface area contributed by atoms with Crippen LogP contribution in [0, 0.1) is 10.8 Å². The molecule has 0 saturated heterocycles. The number of rotatable bonds is 11. The lowest BCUT2D eigenvalue weighted by Gasteiger charge is -2.13. The first kappa shape index (κ1) is 22.2. The third kappa shape index (κ3) is 6.24. The van der Waals surface area contributed by atoms with E-state index in [-0.39, 0.29) is 11.7 Å². The van der Waals surface area contributed by atoms with Crippen molar-refractivity contribution >= 4 is 43.5 Å². The van der Waals surface area contributed by atoms with E-state index < -0.39 is 0 Å². The molecule has 0 heterocycles. The lowest BCUT2D eigenvalue weighted by molar-refractivity contribution is 0.285. The number of amidine groups is 2. The molecule has 28 heavy (non-hydrogen) atoms. The lowest BCUT2D eigenvalue weighted by Crippen LogP contribution is -2.14. The zero-order valence-corrected chi connectivity index (χ0v) is 18.6. The molecular weight excluding hydrogens is 488 g/mol. The first-order valence-electron chi connectivity index (χ1n) is 8.93. The number of ether oxygens (including phenoxy) is 2. The zero-order chi connectivity index (χ0) is 20.5. The van der Waals surface area contributed by atoms with Crippen molar-refractivity contribution in [2.75, 3.05) is 13.2 Å². The van der Waals surface area contributed by atoms with Crippen LogP contribution >= 0.6 is 31.9 Å². The highest BCUT2D eigenvalue weighted by molar-refractivity contribution is 9.10. The van der Waals surface area contributed by atoms with Crippen molar-refractivity contribution in [3.63, 3.8) is 0 Å². The Bertz CT molecular complexity index is 773. The molecule has 150 valence electrons.